The first kappa shape index (κ1) is 6.52. The first-order valence-electron chi connectivity index (χ1n) is 3.10. The molecule has 0 radical (unpaired) electrons. The van der Waals surface area contributed by atoms with E-state index < -0.39 is 0 Å². The number of nitrogens with zero attached hydrogens (tertiary/aromatic N) is 1. The van der Waals surface area contributed by atoms with Crippen LogP contribution in [-0.2, 0) is 0 Å². The lowest BCUT2D eigenvalue weighted by Gasteiger charge is -2.09. The molecule has 0 bridgehead atoms. The van der Waals surface area contributed by atoms with Gasteiger partial charge in [0, 0.05) is 5.71 Å². The van der Waals surface area contributed by atoms with Gasteiger partial charge in [0.15, 0.2) is 0 Å². The van der Waals surface area contributed by atoms with E-state index in [4.69, 9.17) is 0 Å². The average Bonchev–Trinajstić information content (AvgIpc) is 1.90. The molecule has 1 nitrogen and oxygen atoms in total. The summed E-state index contributed by atoms with van der Waals surface area (Å²) < 4.78 is 4.13. The molecule has 1 aliphatic rings. The van der Waals surface area contributed by atoms with Crippen molar-refractivity contribution in [3.63, 3.8) is 0 Å². The molecule has 2 heteroatoms. The third-order valence-corrected chi connectivity index (χ3v) is 2.23. The van der Waals surface area contributed by atoms with Crippen molar-refractivity contribution < 1.29 is 0 Å². The van der Waals surface area contributed by atoms with E-state index in [-0.39, 0.29) is 0 Å². The number of rotatable bonds is 0. The van der Waals surface area contributed by atoms with Gasteiger partial charge in [-0.05, 0) is 25.7 Å². The molecule has 8 heavy (non-hydrogen) atoms. The minimum atomic E-state index is 1.25. The van der Waals surface area contributed by atoms with Gasteiger partial charge in [0.25, 0.3) is 0 Å². The summed E-state index contributed by atoms with van der Waals surface area (Å²) in [6.07, 6.45) is 6.64. The molecule has 0 atom stereocenters. The molecule has 0 aromatic heterocycles. The first-order chi connectivity index (χ1) is 3.93. The number of hydrogen-bond donors (Lipinski definition) is 0. The summed E-state index contributed by atoms with van der Waals surface area (Å²) in [4.78, 5) is 0. The van der Waals surface area contributed by atoms with Crippen LogP contribution in [0, 0.1) is 0 Å². The highest BCUT2D eigenvalue weighted by molar-refractivity contribution is 14.1. The van der Waals surface area contributed by atoms with Crippen LogP contribution in [0.15, 0.2) is 3.21 Å². The highest BCUT2D eigenvalue weighted by Gasteiger charge is 2.04. The molecule has 1 saturated carbocycles. The monoisotopic (exact) mass is 223 g/mol. The van der Waals surface area contributed by atoms with E-state index in [0.717, 1.165) is 0 Å². The van der Waals surface area contributed by atoms with Crippen LogP contribution in [0.1, 0.15) is 32.1 Å². The lowest BCUT2D eigenvalue weighted by molar-refractivity contribution is 0.668. The zero-order valence-electron chi connectivity index (χ0n) is 4.86. The van der Waals surface area contributed by atoms with Gasteiger partial charge in [-0.2, -0.15) is 0 Å². The summed E-state index contributed by atoms with van der Waals surface area (Å²) in [6, 6.07) is 0. The predicted molar refractivity (Wildman–Crippen MR) is 44.5 cm³/mol. The predicted octanol–water partition coefficient (Wildman–Crippen LogP) is 2.74. The molecule has 0 aliphatic heterocycles. The third kappa shape index (κ3) is 1.73. The van der Waals surface area contributed by atoms with Gasteiger partial charge >= 0.3 is 0 Å². The normalized spacial score (nSPS) is 20.9. The summed E-state index contributed by atoms with van der Waals surface area (Å²) in [5, 5.41) is 0. The summed E-state index contributed by atoms with van der Waals surface area (Å²) in [5.41, 5.74) is 1.41. The molecule has 0 amide bonds. The molecule has 46 valence electrons. The molecule has 0 heterocycles. The lowest BCUT2D eigenvalue weighted by Crippen LogP contribution is -2.02. The van der Waals surface area contributed by atoms with Crippen molar-refractivity contribution >= 4 is 28.6 Å². The van der Waals surface area contributed by atoms with Crippen LogP contribution < -0.4 is 0 Å². The van der Waals surface area contributed by atoms with Gasteiger partial charge in [0.05, 0.1) is 22.9 Å². The van der Waals surface area contributed by atoms with Crippen molar-refractivity contribution in [3.8, 4) is 0 Å². The fourth-order valence-corrected chi connectivity index (χ4v) is 1.53. The van der Waals surface area contributed by atoms with E-state index >= 15 is 0 Å². The van der Waals surface area contributed by atoms with Gasteiger partial charge < -0.3 is 0 Å². The average molecular weight is 223 g/mol. The Hall–Kier alpha value is 0.400. The third-order valence-electron chi connectivity index (χ3n) is 1.55. The molecule has 0 aromatic rings. The highest BCUT2D eigenvalue weighted by atomic mass is 127. The molecule has 0 unspecified atom stereocenters. The molecular weight excluding hydrogens is 213 g/mol. The van der Waals surface area contributed by atoms with Crippen molar-refractivity contribution in [1.82, 2.24) is 0 Å². The van der Waals surface area contributed by atoms with Gasteiger partial charge in [-0.25, -0.2) is 3.21 Å². The van der Waals surface area contributed by atoms with Crippen LogP contribution in [0.5, 0.6) is 0 Å². The summed E-state index contributed by atoms with van der Waals surface area (Å²) in [5.74, 6) is 0. The Labute approximate surface area is 64.1 Å². The zero-order valence-corrected chi connectivity index (χ0v) is 7.02. The Kier molecular flexibility index (Phi) is 2.80. The van der Waals surface area contributed by atoms with E-state index in [1.54, 1.807) is 0 Å². The zero-order chi connectivity index (χ0) is 5.82. The Morgan fingerprint density at radius 3 is 2.12 bits per heavy atom. The van der Waals surface area contributed by atoms with Crippen molar-refractivity contribution in [1.29, 1.82) is 0 Å². The first-order valence-corrected chi connectivity index (χ1v) is 4.06. The second-order valence-electron chi connectivity index (χ2n) is 2.21. The maximum Gasteiger partial charge on any atom is 0.0830 e. The molecule has 1 fully saturated rings. The van der Waals surface area contributed by atoms with Gasteiger partial charge in [-0.3, -0.25) is 0 Å². The Morgan fingerprint density at radius 2 is 1.75 bits per heavy atom. The van der Waals surface area contributed by atoms with Crippen LogP contribution in [-0.4, -0.2) is 5.71 Å². The van der Waals surface area contributed by atoms with Crippen molar-refractivity contribution in [2.75, 3.05) is 0 Å². The van der Waals surface area contributed by atoms with Gasteiger partial charge in [0.1, 0.15) is 0 Å². The standard InChI is InChI=1S/C6H10IN/c7-8-6-4-2-1-3-5-6/h1-5H2. The van der Waals surface area contributed by atoms with Crippen LogP contribution >= 0.6 is 22.9 Å². The molecule has 0 spiro atoms. The van der Waals surface area contributed by atoms with Crippen LogP contribution in [0.4, 0.5) is 0 Å². The fourth-order valence-electron chi connectivity index (χ4n) is 1.04. The van der Waals surface area contributed by atoms with Crippen LogP contribution in [0.3, 0.4) is 0 Å². The van der Waals surface area contributed by atoms with E-state index in [9.17, 15) is 0 Å². The van der Waals surface area contributed by atoms with Gasteiger partial charge in [0.2, 0.25) is 0 Å². The summed E-state index contributed by atoms with van der Waals surface area (Å²) >= 11 is 2.09. The van der Waals surface area contributed by atoms with E-state index in [1.807, 2.05) is 0 Å². The molecule has 0 saturated heterocycles. The van der Waals surface area contributed by atoms with E-state index in [2.05, 4.69) is 26.1 Å². The lowest BCUT2D eigenvalue weighted by atomic mass is 9.99. The molecule has 1 rings (SSSR count). The van der Waals surface area contributed by atoms with Crippen molar-refractivity contribution in [3.05, 3.63) is 0 Å². The quantitative estimate of drug-likeness (QED) is 0.560. The maximum atomic E-state index is 4.13. The minimum absolute atomic E-state index is 1.25. The molecule has 0 aromatic carbocycles. The van der Waals surface area contributed by atoms with Crippen LogP contribution in [0.2, 0.25) is 0 Å². The molecular formula is C6H10IN. The summed E-state index contributed by atoms with van der Waals surface area (Å²) in [7, 11) is 0. The molecule has 1 aliphatic carbocycles. The smallest absolute Gasteiger partial charge is 0.0830 e. The minimum Gasteiger partial charge on any atom is -0.224 e. The van der Waals surface area contributed by atoms with Crippen molar-refractivity contribution in [2.24, 2.45) is 3.21 Å². The molecule has 0 N–H and O–H groups in total. The van der Waals surface area contributed by atoms with Gasteiger partial charge in [-0.1, -0.05) is 6.42 Å². The second-order valence-corrected chi connectivity index (χ2v) is 2.69. The van der Waals surface area contributed by atoms with Crippen molar-refractivity contribution in [2.45, 2.75) is 32.1 Å². The van der Waals surface area contributed by atoms with E-state index in [1.165, 1.54) is 37.8 Å². The topological polar surface area (TPSA) is 12.4 Å². The number of halogens is 1. The number of hydrogen-bond acceptors (Lipinski definition) is 1. The second kappa shape index (κ2) is 3.43. The summed E-state index contributed by atoms with van der Waals surface area (Å²) in [6.45, 7) is 0. The van der Waals surface area contributed by atoms with E-state index in [0.29, 0.717) is 0 Å². The Balaban J connectivity index is 2.33. The largest absolute Gasteiger partial charge is 0.224 e. The Morgan fingerprint density at radius 1 is 1.12 bits per heavy atom. The SMILES string of the molecule is IN=C1CCCCC1. The van der Waals surface area contributed by atoms with Crippen LogP contribution in [0.25, 0.3) is 0 Å². The fraction of sp³-hybridized carbons (Fsp3) is 0.833. The maximum absolute atomic E-state index is 4.13. The van der Waals surface area contributed by atoms with Gasteiger partial charge in [-0.15, -0.1) is 0 Å². The highest BCUT2D eigenvalue weighted by Crippen LogP contribution is 2.15. The Bertz CT molecular complexity index is 90.7.